The molecule has 11 heteroatoms. The summed E-state index contributed by atoms with van der Waals surface area (Å²) >= 11 is 0. The number of fused-ring (bicyclic) bond motifs is 1. The second-order valence-electron chi connectivity index (χ2n) is 11.8. The number of carbonyl (C=O) groups is 1. The van der Waals surface area contributed by atoms with E-state index in [1.807, 2.05) is 30.8 Å². The molecule has 1 aromatic carbocycles. The summed E-state index contributed by atoms with van der Waals surface area (Å²) in [7, 11) is 1.90. The average molecular weight is 532 g/mol. The Hall–Kier alpha value is -4.01. The fourth-order valence-electron chi connectivity index (χ4n) is 5.08. The Morgan fingerprint density at radius 1 is 1.28 bits per heavy atom. The van der Waals surface area contributed by atoms with Crippen molar-refractivity contribution < 1.29 is 19.4 Å². The van der Waals surface area contributed by atoms with Crippen molar-refractivity contribution in [3.8, 4) is 17.3 Å². The number of aliphatic hydroxyl groups is 1. The van der Waals surface area contributed by atoms with E-state index in [2.05, 4.69) is 33.4 Å². The molecule has 204 valence electrons. The lowest BCUT2D eigenvalue weighted by molar-refractivity contribution is -0.0537. The number of aromatic nitrogens is 4. The van der Waals surface area contributed by atoms with E-state index >= 15 is 0 Å². The van der Waals surface area contributed by atoms with E-state index in [9.17, 15) is 15.2 Å². The summed E-state index contributed by atoms with van der Waals surface area (Å²) in [5, 5.41) is 28.1. The van der Waals surface area contributed by atoms with Crippen molar-refractivity contribution in [3.63, 3.8) is 0 Å². The van der Waals surface area contributed by atoms with Gasteiger partial charge < -0.3 is 19.9 Å². The minimum Gasteiger partial charge on any atom is -0.443 e. The van der Waals surface area contributed by atoms with Crippen LogP contribution in [0.25, 0.3) is 11.3 Å². The Labute approximate surface area is 227 Å². The van der Waals surface area contributed by atoms with Crippen LogP contribution in [-0.2, 0) is 27.4 Å². The van der Waals surface area contributed by atoms with Crippen molar-refractivity contribution in [2.45, 2.75) is 51.0 Å². The van der Waals surface area contributed by atoms with E-state index in [-0.39, 0.29) is 18.6 Å². The lowest BCUT2D eigenvalue weighted by Crippen LogP contribution is -2.45. The van der Waals surface area contributed by atoms with Gasteiger partial charge in [-0.05, 0) is 51.5 Å². The highest BCUT2D eigenvalue weighted by atomic mass is 16.6. The smallest absolute Gasteiger partial charge is 0.414 e. The van der Waals surface area contributed by atoms with E-state index < -0.39 is 17.1 Å². The summed E-state index contributed by atoms with van der Waals surface area (Å²) in [6, 6.07) is 9.52. The molecule has 1 atom stereocenters. The first-order chi connectivity index (χ1) is 18.4. The van der Waals surface area contributed by atoms with Crippen LogP contribution in [0.1, 0.15) is 51.4 Å². The van der Waals surface area contributed by atoms with Crippen LogP contribution >= 0.6 is 0 Å². The van der Waals surface area contributed by atoms with Gasteiger partial charge in [0.15, 0.2) is 5.82 Å². The fraction of sp³-hybridized carbons (Fsp3) is 0.464. The largest absolute Gasteiger partial charge is 0.443 e. The third kappa shape index (κ3) is 4.82. The van der Waals surface area contributed by atoms with Gasteiger partial charge in [-0.3, -0.25) is 9.58 Å². The van der Waals surface area contributed by atoms with Gasteiger partial charge in [-0.15, -0.1) is 0 Å². The molecule has 0 bridgehead atoms. The molecular weight excluding hydrogens is 498 g/mol. The van der Waals surface area contributed by atoms with Crippen molar-refractivity contribution in [3.05, 3.63) is 47.3 Å². The number of rotatable bonds is 5. The maximum atomic E-state index is 13.0. The SMILES string of the molecule is Cn1nc(Nc2nccc(-c3cc(C#N)c4c(c3)C(C)(CO)CN4C(=O)OC(C)(C)C)n2)cc1C1(C)COC1. The van der Waals surface area contributed by atoms with Gasteiger partial charge in [0.05, 0.1) is 47.9 Å². The molecular formula is C28H33N7O4. The van der Waals surface area contributed by atoms with E-state index in [1.165, 1.54) is 4.90 Å². The Balaban J connectivity index is 1.49. The highest BCUT2D eigenvalue weighted by molar-refractivity contribution is 5.95. The highest BCUT2D eigenvalue weighted by Crippen LogP contribution is 2.45. The molecule has 0 radical (unpaired) electrons. The lowest BCUT2D eigenvalue weighted by atomic mass is 9.83. The lowest BCUT2D eigenvalue weighted by Gasteiger charge is -2.37. The van der Waals surface area contributed by atoms with Gasteiger partial charge >= 0.3 is 6.09 Å². The van der Waals surface area contributed by atoms with Gasteiger partial charge in [0.25, 0.3) is 0 Å². The van der Waals surface area contributed by atoms with Gasteiger partial charge in [0.1, 0.15) is 11.7 Å². The molecule has 2 aliphatic heterocycles. The Morgan fingerprint density at radius 3 is 2.64 bits per heavy atom. The Bertz CT molecular complexity index is 1480. The first kappa shape index (κ1) is 26.6. The van der Waals surface area contributed by atoms with Crippen LogP contribution in [0.15, 0.2) is 30.5 Å². The molecule has 3 aromatic rings. The van der Waals surface area contributed by atoms with Crippen molar-refractivity contribution in [1.82, 2.24) is 19.7 Å². The molecule has 0 spiro atoms. The van der Waals surface area contributed by atoms with Crippen molar-refractivity contribution in [2.75, 3.05) is 36.6 Å². The molecule has 2 aromatic heterocycles. The molecule has 5 rings (SSSR count). The number of anilines is 3. The zero-order valence-corrected chi connectivity index (χ0v) is 23.1. The van der Waals surface area contributed by atoms with Gasteiger partial charge in [0.2, 0.25) is 5.95 Å². The molecule has 0 saturated carbocycles. The number of amides is 1. The summed E-state index contributed by atoms with van der Waals surface area (Å²) < 4.78 is 12.8. The summed E-state index contributed by atoms with van der Waals surface area (Å²) in [5.74, 6) is 0.969. The number of ether oxygens (including phenoxy) is 2. The Morgan fingerprint density at radius 2 is 2.03 bits per heavy atom. The zero-order valence-electron chi connectivity index (χ0n) is 23.1. The summed E-state index contributed by atoms with van der Waals surface area (Å²) in [4.78, 5) is 23.5. The first-order valence-corrected chi connectivity index (χ1v) is 12.8. The minimum absolute atomic E-state index is 0.0744. The molecule has 0 aliphatic carbocycles. The molecule has 1 amide bonds. The van der Waals surface area contributed by atoms with Crippen LogP contribution in [0, 0.1) is 11.3 Å². The maximum absolute atomic E-state index is 13.0. The van der Waals surface area contributed by atoms with Crippen LogP contribution < -0.4 is 10.2 Å². The molecule has 11 nitrogen and oxygen atoms in total. The molecule has 2 aliphatic rings. The summed E-state index contributed by atoms with van der Waals surface area (Å²) in [5.41, 5.74) is 2.18. The topological polar surface area (TPSA) is 138 Å². The van der Waals surface area contributed by atoms with E-state index in [1.54, 1.807) is 39.1 Å². The van der Waals surface area contributed by atoms with Crippen LogP contribution in [0.3, 0.4) is 0 Å². The third-order valence-corrected chi connectivity index (χ3v) is 7.15. The number of carbonyl (C=O) groups excluding carboxylic acids is 1. The molecule has 1 saturated heterocycles. The zero-order chi connectivity index (χ0) is 28.2. The quantitative estimate of drug-likeness (QED) is 0.503. The van der Waals surface area contributed by atoms with Crippen LogP contribution in [0.5, 0.6) is 0 Å². The normalized spacial score (nSPS) is 19.7. The van der Waals surface area contributed by atoms with Crippen molar-refractivity contribution in [1.29, 1.82) is 5.26 Å². The number of aliphatic hydroxyl groups excluding tert-OH is 1. The number of hydrogen-bond donors (Lipinski definition) is 2. The predicted octanol–water partition coefficient (Wildman–Crippen LogP) is 3.79. The van der Waals surface area contributed by atoms with Crippen molar-refractivity contribution >= 4 is 23.5 Å². The first-order valence-electron chi connectivity index (χ1n) is 12.8. The molecule has 4 heterocycles. The maximum Gasteiger partial charge on any atom is 0.414 e. The summed E-state index contributed by atoms with van der Waals surface area (Å²) in [6.07, 6.45) is 1.07. The molecule has 1 unspecified atom stereocenters. The molecule has 2 N–H and O–H groups in total. The molecule has 39 heavy (non-hydrogen) atoms. The Kier molecular flexibility index (Phi) is 6.36. The van der Waals surface area contributed by atoms with E-state index in [0.717, 1.165) is 5.69 Å². The van der Waals surface area contributed by atoms with E-state index in [4.69, 9.17) is 9.47 Å². The number of hydrogen-bond acceptors (Lipinski definition) is 9. The van der Waals surface area contributed by atoms with Gasteiger partial charge in [-0.25, -0.2) is 14.8 Å². The van der Waals surface area contributed by atoms with Gasteiger partial charge in [-0.2, -0.15) is 10.4 Å². The number of nitriles is 1. The number of nitrogens with one attached hydrogen (secondary N) is 1. The van der Waals surface area contributed by atoms with Crippen molar-refractivity contribution in [2.24, 2.45) is 7.05 Å². The number of benzene rings is 1. The van der Waals surface area contributed by atoms with Crippen LogP contribution in [0.4, 0.5) is 22.2 Å². The van der Waals surface area contributed by atoms with E-state index in [0.29, 0.717) is 53.1 Å². The highest BCUT2D eigenvalue weighted by Gasteiger charge is 2.44. The fourth-order valence-corrected chi connectivity index (χ4v) is 5.08. The number of nitrogens with zero attached hydrogens (tertiary/aromatic N) is 6. The number of aryl methyl sites for hydroxylation is 1. The minimum atomic E-state index is -0.784. The average Bonchev–Trinajstić information content (AvgIpc) is 3.38. The second-order valence-corrected chi connectivity index (χ2v) is 11.8. The third-order valence-electron chi connectivity index (χ3n) is 7.15. The van der Waals surface area contributed by atoms with Gasteiger partial charge in [0, 0.05) is 36.8 Å². The van der Waals surface area contributed by atoms with Gasteiger partial charge in [-0.1, -0.05) is 6.92 Å². The summed E-state index contributed by atoms with van der Waals surface area (Å²) in [6.45, 7) is 10.6. The van der Waals surface area contributed by atoms with Crippen LogP contribution in [0.2, 0.25) is 0 Å². The second kappa shape index (κ2) is 9.32. The predicted molar refractivity (Wildman–Crippen MR) is 145 cm³/mol. The van der Waals surface area contributed by atoms with Crippen LogP contribution in [-0.4, -0.2) is 62.9 Å². The monoisotopic (exact) mass is 531 g/mol. The standard InChI is InChI=1S/C28H33N7O4/c1-26(2,3)39-25(37)35-13-27(4,14-36)19-10-17(9-18(12-29)23(19)35)20-7-8-30-24(31-20)32-22-11-21(34(6)33-22)28(5)15-38-16-28/h7-11,36H,13-16H2,1-6H3,(H,30,31,32,33). The molecule has 1 fully saturated rings.